The molecule has 1 saturated heterocycles. The van der Waals surface area contributed by atoms with Gasteiger partial charge in [0.1, 0.15) is 0 Å². The van der Waals surface area contributed by atoms with Gasteiger partial charge in [-0.05, 0) is 56.0 Å². The highest BCUT2D eigenvalue weighted by atomic mass is 15.3. The SMILES string of the molecule is Cc1cc(C)n(-c2cccc(CN3CCC(C#N)(c4ccccc4)CC3)c2)n1. The van der Waals surface area contributed by atoms with Gasteiger partial charge in [0, 0.05) is 25.3 Å². The van der Waals surface area contributed by atoms with E-state index in [9.17, 15) is 5.26 Å². The smallest absolute Gasteiger partial charge is 0.0846 e. The van der Waals surface area contributed by atoms with Crippen molar-refractivity contribution in [1.82, 2.24) is 14.7 Å². The fraction of sp³-hybridized carbons (Fsp3) is 0.333. The summed E-state index contributed by atoms with van der Waals surface area (Å²) in [5.74, 6) is 0. The number of aromatic nitrogens is 2. The second-order valence-electron chi connectivity index (χ2n) is 7.84. The Morgan fingerprint density at radius 2 is 1.75 bits per heavy atom. The topological polar surface area (TPSA) is 44.9 Å². The molecule has 1 fully saturated rings. The standard InChI is InChI=1S/C24H26N4/c1-19-15-20(2)28(26-19)23-10-6-7-21(16-23)17-27-13-11-24(18-25,12-14-27)22-8-4-3-5-9-22/h3-10,15-16H,11-14,17H2,1-2H3. The van der Waals surface area contributed by atoms with Gasteiger partial charge in [-0.3, -0.25) is 4.90 Å². The van der Waals surface area contributed by atoms with Crippen LogP contribution in [0.5, 0.6) is 0 Å². The van der Waals surface area contributed by atoms with Crippen molar-refractivity contribution in [2.24, 2.45) is 0 Å². The minimum absolute atomic E-state index is 0.344. The van der Waals surface area contributed by atoms with Gasteiger partial charge in [-0.1, -0.05) is 42.5 Å². The predicted octanol–water partition coefficient (Wildman–Crippen LogP) is 4.55. The summed E-state index contributed by atoms with van der Waals surface area (Å²) >= 11 is 0. The molecular weight excluding hydrogens is 344 g/mol. The molecule has 142 valence electrons. The lowest BCUT2D eigenvalue weighted by Crippen LogP contribution is -2.41. The molecule has 2 aromatic carbocycles. The summed E-state index contributed by atoms with van der Waals surface area (Å²) in [5, 5.41) is 14.5. The Morgan fingerprint density at radius 3 is 2.39 bits per heavy atom. The van der Waals surface area contributed by atoms with Crippen molar-refractivity contribution in [2.75, 3.05) is 13.1 Å². The minimum Gasteiger partial charge on any atom is -0.299 e. The van der Waals surface area contributed by atoms with Gasteiger partial charge in [0.2, 0.25) is 0 Å². The second-order valence-corrected chi connectivity index (χ2v) is 7.84. The number of nitrogens with zero attached hydrogens (tertiary/aromatic N) is 4. The van der Waals surface area contributed by atoms with Crippen LogP contribution in [0.25, 0.3) is 5.69 Å². The van der Waals surface area contributed by atoms with Gasteiger partial charge in [-0.2, -0.15) is 10.4 Å². The second kappa shape index (κ2) is 7.61. The van der Waals surface area contributed by atoms with E-state index in [0.29, 0.717) is 0 Å². The molecule has 0 spiro atoms. The molecule has 0 atom stereocenters. The van der Waals surface area contributed by atoms with E-state index in [0.717, 1.165) is 55.1 Å². The molecule has 0 unspecified atom stereocenters. The van der Waals surface area contributed by atoms with Gasteiger partial charge < -0.3 is 0 Å². The van der Waals surface area contributed by atoms with E-state index in [-0.39, 0.29) is 5.41 Å². The summed E-state index contributed by atoms with van der Waals surface area (Å²) < 4.78 is 2.01. The normalized spacial score (nSPS) is 16.6. The van der Waals surface area contributed by atoms with Crippen LogP contribution in [-0.2, 0) is 12.0 Å². The lowest BCUT2D eigenvalue weighted by atomic mass is 9.74. The maximum absolute atomic E-state index is 9.88. The van der Waals surface area contributed by atoms with Gasteiger partial charge in [-0.25, -0.2) is 4.68 Å². The van der Waals surface area contributed by atoms with Crippen LogP contribution in [-0.4, -0.2) is 27.8 Å². The Labute approximate surface area is 167 Å². The van der Waals surface area contributed by atoms with Crippen molar-refractivity contribution in [3.63, 3.8) is 0 Å². The fourth-order valence-corrected chi connectivity index (χ4v) is 4.25. The number of nitriles is 1. The van der Waals surface area contributed by atoms with Gasteiger partial charge in [-0.15, -0.1) is 0 Å². The third-order valence-corrected chi connectivity index (χ3v) is 5.82. The van der Waals surface area contributed by atoms with E-state index in [1.165, 1.54) is 5.56 Å². The van der Waals surface area contributed by atoms with Gasteiger partial charge in [0.05, 0.1) is 22.9 Å². The summed E-state index contributed by atoms with van der Waals surface area (Å²) in [5.41, 5.74) is 5.39. The molecule has 0 bridgehead atoms. The molecule has 0 aliphatic carbocycles. The zero-order valence-corrected chi connectivity index (χ0v) is 16.6. The van der Waals surface area contributed by atoms with Crippen LogP contribution in [0, 0.1) is 25.2 Å². The lowest BCUT2D eigenvalue weighted by molar-refractivity contribution is 0.179. The first-order valence-electron chi connectivity index (χ1n) is 9.91. The first kappa shape index (κ1) is 18.5. The molecule has 4 heteroatoms. The first-order chi connectivity index (χ1) is 13.6. The highest BCUT2D eigenvalue weighted by molar-refractivity contribution is 5.37. The van der Waals surface area contributed by atoms with Crippen LogP contribution < -0.4 is 0 Å². The van der Waals surface area contributed by atoms with Crippen molar-refractivity contribution in [3.05, 3.63) is 83.2 Å². The monoisotopic (exact) mass is 370 g/mol. The molecule has 0 amide bonds. The summed E-state index contributed by atoms with van der Waals surface area (Å²) in [6, 6.07) is 23.6. The molecule has 1 aliphatic heterocycles. The van der Waals surface area contributed by atoms with Crippen LogP contribution in [0.3, 0.4) is 0 Å². The number of benzene rings is 2. The highest BCUT2D eigenvalue weighted by Gasteiger charge is 2.36. The maximum Gasteiger partial charge on any atom is 0.0846 e. The number of likely N-dealkylation sites (tertiary alicyclic amines) is 1. The largest absolute Gasteiger partial charge is 0.299 e. The van der Waals surface area contributed by atoms with E-state index in [1.54, 1.807) is 0 Å². The zero-order valence-electron chi connectivity index (χ0n) is 16.6. The predicted molar refractivity (Wildman–Crippen MR) is 111 cm³/mol. The van der Waals surface area contributed by atoms with Crippen LogP contribution in [0.15, 0.2) is 60.7 Å². The molecule has 0 saturated carbocycles. The molecule has 1 aliphatic rings. The molecule has 0 N–H and O–H groups in total. The van der Waals surface area contributed by atoms with Crippen molar-refractivity contribution in [1.29, 1.82) is 5.26 Å². The third kappa shape index (κ3) is 3.58. The Balaban J connectivity index is 1.46. The molecule has 2 heterocycles. The summed E-state index contributed by atoms with van der Waals surface area (Å²) in [7, 11) is 0. The van der Waals surface area contributed by atoms with Gasteiger partial charge in [0.15, 0.2) is 0 Å². The van der Waals surface area contributed by atoms with Crippen LogP contribution in [0.2, 0.25) is 0 Å². The third-order valence-electron chi connectivity index (χ3n) is 5.82. The number of piperidine rings is 1. The fourth-order valence-electron chi connectivity index (χ4n) is 4.25. The summed E-state index contributed by atoms with van der Waals surface area (Å²) in [6.07, 6.45) is 1.76. The van der Waals surface area contributed by atoms with E-state index in [1.807, 2.05) is 29.8 Å². The maximum atomic E-state index is 9.88. The Kier molecular flexibility index (Phi) is 5.02. The number of hydrogen-bond acceptors (Lipinski definition) is 3. The van der Waals surface area contributed by atoms with E-state index in [2.05, 4.69) is 65.5 Å². The number of rotatable bonds is 4. The Morgan fingerprint density at radius 1 is 1.00 bits per heavy atom. The number of hydrogen-bond donors (Lipinski definition) is 0. The first-order valence-corrected chi connectivity index (χ1v) is 9.91. The van der Waals surface area contributed by atoms with E-state index >= 15 is 0 Å². The average molecular weight is 371 g/mol. The zero-order chi connectivity index (χ0) is 19.6. The quantitative estimate of drug-likeness (QED) is 0.677. The highest BCUT2D eigenvalue weighted by Crippen LogP contribution is 2.35. The lowest BCUT2D eigenvalue weighted by Gasteiger charge is -2.37. The molecule has 0 radical (unpaired) electrons. The molecule has 28 heavy (non-hydrogen) atoms. The molecule has 4 nitrogen and oxygen atoms in total. The molecule has 4 rings (SSSR count). The summed E-state index contributed by atoms with van der Waals surface area (Å²) in [4.78, 5) is 2.46. The summed E-state index contributed by atoms with van der Waals surface area (Å²) in [6.45, 7) is 6.89. The van der Waals surface area contributed by atoms with Crippen molar-refractivity contribution < 1.29 is 0 Å². The van der Waals surface area contributed by atoms with Gasteiger partial charge in [0.25, 0.3) is 0 Å². The molecule has 3 aromatic rings. The average Bonchev–Trinajstić information content (AvgIpc) is 3.08. The van der Waals surface area contributed by atoms with Crippen LogP contribution in [0.1, 0.15) is 35.4 Å². The van der Waals surface area contributed by atoms with Gasteiger partial charge >= 0.3 is 0 Å². The van der Waals surface area contributed by atoms with Crippen molar-refractivity contribution >= 4 is 0 Å². The van der Waals surface area contributed by atoms with E-state index < -0.39 is 0 Å². The minimum atomic E-state index is -0.344. The Hall–Kier alpha value is -2.90. The molecule has 1 aromatic heterocycles. The Bertz CT molecular complexity index is 989. The van der Waals surface area contributed by atoms with Crippen molar-refractivity contribution in [2.45, 2.75) is 38.6 Å². The van der Waals surface area contributed by atoms with Crippen LogP contribution >= 0.6 is 0 Å². The molecular formula is C24H26N4. The van der Waals surface area contributed by atoms with Crippen molar-refractivity contribution in [3.8, 4) is 11.8 Å². The number of aryl methyl sites for hydroxylation is 2. The van der Waals surface area contributed by atoms with Crippen LogP contribution in [0.4, 0.5) is 0 Å². The van der Waals surface area contributed by atoms with E-state index in [4.69, 9.17) is 0 Å².